The first-order chi connectivity index (χ1) is 12.3. The van der Waals surface area contributed by atoms with E-state index in [0.29, 0.717) is 18.6 Å². The number of aromatic nitrogens is 6. The second kappa shape index (κ2) is 7.14. The van der Waals surface area contributed by atoms with Crippen molar-refractivity contribution in [2.45, 2.75) is 31.8 Å². The Kier molecular flexibility index (Phi) is 4.56. The summed E-state index contributed by atoms with van der Waals surface area (Å²) in [6.45, 7) is 1.37. The van der Waals surface area contributed by atoms with Crippen LogP contribution in [0.2, 0.25) is 0 Å². The third-order valence-electron chi connectivity index (χ3n) is 4.83. The van der Waals surface area contributed by atoms with Crippen molar-refractivity contribution >= 4 is 0 Å². The van der Waals surface area contributed by atoms with E-state index in [9.17, 15) is 0 Å². The van der Waals surface area contributed by atoms with Crippen LogP contribution in [0.4, 0.5) is 0 Å². The normalized spacial score (nSPS) is 19.7. The molecule has 0 atom stereocenters. The number of hydrogen-bond acceptors (Lipinski definition) is 5. The van der Waals surface area contributed by atoms with Gasteiger partial charge in [0.05, 0.1) is 13.2 Å². The molecule has 0 saturated heterocycles. The Hall–Kier alpha value is -2.54. The van der Waals surface area contributed by atoms with Crippen molar-refractivity contribution in [2.24, 2.45) is 5.92 Å². The molecule has 1 saturated carbocycles. The lowest BCUT2D eigenvalue weighted by Crippen LogP contribution is -2.28. The molecule has 130 valence electrons. The molecule has 25 heavy (non-hydrogen) atoms. The second-order valence-electron chi connectivity index (χ2n) is 6.54. The zero-order chi connectivity index (χ0) is 17.1. The molecule has 2 heterocycles. The largest absolute Gasteiger partial charge is 0.383 e. The van der Waals surface area contributed by atoms with Gasteiger partial charge < -0.3 is 9.30 Å². The number of ether oxygens (including phenoxy) is 1. The zero-order valence-corrected chi connectivity index (χ0v) is 14.3. The first-order valence-corrected chi connectivity index (χ1v) is 8.65. The average molecular weight is 338 g/mol. The molecule has 0 spiro atoms. The summed E-state index contributed by atoms with van der Waals surface area (Å²) in [7, 11) is 1.71. The van der Waals surface area contributed by atoms with Gasteiger partial charge in [-0.15, -0.1) is 10.2 Å². The van der Waals surface area contributed by atoms with Crippen molar-refractivity contribution in [2.75, 3.05) is 13.7 Å². The van der Waals surface area contributed by atoms with E-state index in [1.807, 2.05) is 35.0 Å². The van der Waals surface area contributed by atoms with E-state index in [0.717, 1.165) is 43.0 Å². The summed E-state index contributed by atoms with van der Waals surface area (Å²) in [5, 5.41) is 12.5. The lowest BCUT2D eigenvalue weighted by molar-refractivity contribution is 0.175. The summed E-state index contributed by atoms with van der Waals surface area (Å²) in [6, 6.07) is 10.6. The van der Waals surface area contributed by atoms with Crippen LogP contribution in [0.3, 0.4) is 0 Å². The van der Waals surface area contributed by atoms with E-state index in [2.05, 4.69) is 14.8 Å². The zero-order valence-electron chi connectivity index (χ0n) is 14.3. The first kappa shape index (κ1) is 16.0. The number of nitrogens with zero attached hydrogens (tertiary/aromatic N) is 6. The first-order valence-electron chi connectivity index (χ1n) is 8.65. The summed E-state index contributed by atoms with van der Waals surface area (Å²) in [5.74, 6) is 2.46. The van der Waals surface area contributed by atoms with Crippen LogP contribution in [0.15, 0.2) is 43.0 Å². The maximum absolute atomic E-state index is 5.22. The lowest BCUT2D eigenvalue weighted by atomic mass is 9.78. The topological polar surface area (TPSA) is 70.7 Å². The highest BCUT2D eigenvalue weighted by Crippen LogP contribution is 2.39. The summed E-state index contributed by atoms with van der Waals surface area (Å²) >= 11 is 0. The van der Waals surface area contributed by atoms with Gasteiger partial charge >= 0.3 is 0 Å². The Morgan fingerprint density at radius 3 is 2.60 bits per heavy atom. The molecule has 0 aliphatic heterocycles. The molecule has 0 amide bonds. The van der Waals surface area contributed by atoms with Crippen molar-refractivity contribution in [1.82, 2.24) is 29.5 Å². The maximum Gasteiger partial charge on any atom is 0.181 e. The molecule has 0 unspecified atom stereocenters. The van der Waals surface area contributed by atoms with Crippen LogP contribution < -0.4 is 0 Å². The van der Waals surface area contributed by atoms with Gasteiger partial charge in [0.25, 0.3) is 0 Å². The maximum atomic E-state index is 5.22. The molecule has 7 nitrogen and oxygen atoms in total. The predicted octanol–water partition coefficient (Wildman–Crippen LogP) is 2.38. The van der Waals surface area contributed by atoms with Crippen LogP contribution in [0.25, 0.3) is 11.4 Å². The van der Waals surface area contributed by atoms with Gasteiger partial charge in [-0.25, -0.2) is 9.67 Å². The molecule has 1 aromatic carbocycles. The van der Waals surface area contributed by atoms with E-state index in [1.165, 1.54) is 0 Å². The standard InChI is InChI=1S/C18H22N6O/c1-25-8-7-24-17(21-18(22-24)15-5-3-2-4-6-15)11-14-9-16(10-14)23-12-19-20-13-23/h2-6,12-14,16H,7-11H2,1H3. The third-order valence-corrected chi connectivity index (χ3v) is 4.83. The van der Waals surface area contributed by atoms with Crippen LogP contribution >= 0.6 is 0 Å². The van der Waals surface area contributed by atoms with Gasteiger partial charge in [-0.05, 0) is 18.8 Å². The minimum absolute atomic E-state index is 0.518. The van der Waals surface area contributed by atoms with E-state index < -0.39 is 0 Å². The fraction of sp³-hybridized carbons (Fsp3) is 0.444. The van der Waals surface area contributed by atoms with E-state index in [1.54, 1.807) is 19.8 Å². The van der Waals surface area contributed by atoms with Gasteiger partial charge in [0.15, 0.2) is 5.82 Å². The molecular formula is C18H22N6O. The van der Waals surface area contributed by atoms with Crippen molar-refractivity contribution in [1.29, 1.82) is 0 Å². The van der Waals surface area contributed by atoms with Gasteiger partial charge in [-0.3, -0.25) is 0 Å². The highest BCUT2D eigenvalue weighted by molar-refractivity contribution is 5.54. The monoisotopic (exact) mass is 338 g/mol. The number of benzene rings is 1. The highest BCUT2D eigenvalue weighted by Gasteiger charge is 2.31. The molecule has 0 radical (unpaired) electrons. The Balaban J connectivity index is 1.47. The van der Waals surface area contributed by atoms with E-state index >= 15 is 0 Å². The van der Waals surface area contributed by atoms with Crippen LogP contribution in [-0.2, 0) is 17.7 Å². The van der Waals surface area contributed by atoms with E-state index in [-0.39, 0.29) is 0 Å². The fourth-order valence-corrected chi connectivity index (χ4v) is 3.36. The minimum atomic E-state index is 0.518. The molecule has 2 aromatic heterocycles. The summed E-state index contributed by atoms with van der Waals surface area (Å²) in [5.41, 5.74) is 1.05. The highest BCUT2D eigenvalue weighted by atomic mass is 16.5. The van der Waals surface area contributed by atoms with Gasteiger partial charge in [0.2, 0.25) is 0 Å². The minimum Gasteiger partial charge on any atom is -0.383 e. The van der Waals surface area contributed by atoms with Crippen molar-refractivity contribution in [3.05, 3.63) is 48.8 Å². The molecule has 0 bridgehead atoms. The summed E-state index contributed by atoms with van der Waals surface area (Å²) in [6.07, 6.45) is 6.82. The quantitative estimate of drug-likeness (QED) is 0.661. The molecule has 1 fully saturated rings. The number of hydrogen-bond donors (Lipinski definition) is 0. The van der Waals surface area contributed by atoms with Gasteiger partial charge in [0, 0.05) is 25.1 Å². The Bertz CT molecular complexity index is 792. The van der Waals surface area contributed by atoms with Crippen LogP contribution in [0, 0.1) is 5.92 Å². The Morgan fingerprint density at radius 2 is 1.88 bits per heavy atom. The van der Waals surface area contributed by atoms with Crippen molar-refractivity contribution in [3.8, 4) is 11.4 Å². The number of methoxy groups -OCH3 is 1. The van der Waals surface area contributed by atoms with Gasteiger partial charge in [-0.1, -0.05) is 30.3 Å². The van der Waals surface area contributed by atoms with Crippen molar-refractivity contribution < 1.29 is 4.74 Å². The smallest absolute Gasteiger partial charge is 0.181 e. The van der Waals surface area contributed by atoms with Crippen LogP contribution in [0.5, 0.6) is 0 Å². The van der Waals surface area contributed by atoms with Gasteiger partial charge in [0.1, 0.15) is 18.5 Å². The Labute approximate surface area is 146 Å². The molecular weight excluding hydrogens is 316 g/mol. The SMILES string of the molecule is COCCn1nc(-c2ccccc2)nc1CC1CC(n2cnnc2)C1. The van der Waals surface area contributed by atoms with Gasteiger partial charge in [-0.2, -0.15) is 5.10 Å². The molecule has 1 aliphatic rings. The van der Waals surface area contributed by atoms with Crippen LogP contribution in [-0.4, -0.2) is 43.2 Å². The summed E-state index contributed by atoms with van der Waals surface area (Å²) < 4.78 is 9.32. The van der Waals surface area contributed by atoms with Crippen LogP contribution in [0.1, 0.15) is 24.7 Å². The lowest BCUT2D eigenvalue weighted by Gasteiger charge is -2.35. The number of rotatable bonds is 7. The molecule has 4 rings (SSSR count). The third kappa shape index (κ3) is 3.46. The molecule has 7 heteroatoms. The van der Waals surface area contributed by atoms with Crippen molar-refractivity contribution in [3.63, 3.8) is 0 Å². The predicted molar refractivity (Wildman–Crippen MR) is 92.8 cm³/mol. The summed E-state index contributed by atoms with van der Waals surface area (Å²) in [4.78, 5) is 4.81. The molecule has 1 aliphatic carbocycles. The Morgan fingerprint density at radius 1 is 1.12 bits per heavy atom. The molecule has 3 aromatic rings. The fourth-order valence-electron chi connectivity index (χ4n) is 3.36. The van der Waals surface area contributed by atoms with E-state index in [4.69, 9.17) is 14.8 Å². The second-order valence-corrected chi connectivity index (χ2v) is 6.54. The molecule has 0 N–H and O–H groups in total. The average Bonchev–Trinajstić information content (AvgIpc) is 3.26.